The lowest BCUT2D eigenvalue weighted by atomic mass is 9.88. The molecule has 1 aromatic carbocycles. The van der Waals surface area contributed by atoms with E-state index >= 15 is 0 Å². The molecule has 1 heterocycles. The van der Waals surface area contributed by atoms with Crippen LogP contribution in [0.25, 0.3) is 0 Å². The van der Waals surface area contributed by atoms with E-state index in [0.717, 1.165) is 25.5 Å². The maximum atomic E-state index is 12.9. The number of rotatable bonds is 2. The second-order valence-electron chi connectivity index (χ2n) is 4.75. The molecule has 1 aromatic rings. The topological polar surface area (TPSA) is 21.3 Å². The first kappa shape index (κ1) is 13.2. The molecule has 0 aliphatic carbocycles. The SMILES string of the molecule is COc1c(C(F)(F)F)cccc1C1(C)CCCN1. The van der Waals surface area contributed by atoms with Gasteiger partial charge in [-0.05, 0) is 32.4 Å². The van der Waals surface area contributed by atoms with Gasteiger partial charge in [0, 0.05) is 11.1 Å². The molecule has 1 unspecified atom stereocenters. The van der Waals surface area contributed by atoms with Crippen molar-refractivity contribution in [3.05, 3.63) is 29.3 Å². The van der Waals surface area contributed by atoms with Crippen molar-refractivity contribution in [3.63, 3.8) is 0 Å². The number of halogens is 3. The Labute approximate surface area is 104 Å². The van der Waals surface area contributed by atoms with E-state index in [4.69, 9.17) is 4.74 Å². The fraction of sp³-hybridized carbons (Fsp3) is 0.538. The molecule has 0 spiro atoms. The standard InChI is InChI=1S/C13H16F3NO/c1-12(7-4-8-17-12)9-5-3-6-10(11(9)18-2)13(14,15)16/h3,5-6,17H,4,7-8H2,1-2H3. The van der Waals surface area contributed by atoms with Crippen LogP contribution in [-0.4, -0.2) is 13.7 Å². The zero-order chi connectivity index (χ0) is 13.4. The largest absolute Gasteiger partial charge is 0.496 e. The molecule has 2 nitrogen and oxygen atoms in total. The molecule has 1 atom stereocenters. The number of methoxy groups -OCH3 is 1. The highest BCUT2D eigenvalue weighted by Crippen LogP contribution is 2.43. The van der Waals surface area contributed by atoms with Gasteiger partial charge in [0.05, 0.1) is 12.7 Å². The molecule has 0 radical (unpaired) electrons. The van der Waals surface area contributed by atoms with E-state index in [0.29, 0.717) is 5.56 Å². The van der Waals surface area contributed by atoms with Crippen LogP contribution < -0.4 is 10.1 Å². The third-order valence-electron chi connectivity index (χ3n) is 3.49. The number of alkyl halides is 3. The van der Waals surface area contributed by atoms with Crippen molar-refractivity contribution in [1.29, 1.82) is 0 Å². The van der Waals surface area contributed by atoms with Crippen molar-refractivity contribution >= 4 is 0 Å². The fourth-order valence-corrected chi connectivity index (χ4v) is 2.54. The van der Waals surface area contributed by atoms with Crippen molar-refractivity contribution in [1.82, 2.24) is 5.32 Å². The Balaban J connectivity index is 2.55. The average molecular weight is 259 g/mol. The average Bonchev–Trinajstić information content (AvgIpc) is 2.75. The summed E-state index contributed by atoms with van der Waals surface area (Å²) in [5.41, 5.74) is -0.568. The van der Waals surface area contributed by atoms with Crippen LogP contribution in [0, 0.1) is 0 Å². The molecule has 1 aliphatic rings. The lowest BCUT2D eigenvalue weighted by molar-refractivity contribution is -0.138. The predicted octanol–water partition coefficient (Wildman–Crippen LogP) is 3.31. The van der Waals surface area contributed by atoms with Crippen LogP contribution in [0.4, 0.5) is 13.2 Å². The second kappa shape index (κ2) is 4.46. The van der Waals surface area contributed by atoms with Crippen LogP contribution >= 0.6 is 0 Å². The molecular formula is C13H16F3NO. The summed E-state index contributed by atoms with van der Waals surface area (Å²) in [5.74, 6) is -0.0677. The second-order valence-corrected chi connectivity index (χ2v) is 4.75. The minimum atomic E-state index is -4.39. The quantitative estimate of drug-likeness (QED) is 0.879. The maximum Gasteiger partial charge on any atom is 0.419 e. The van der Waals surface area contributed by atoms with Crippen LogP contribution in [0.3, 0.4) is 0 Å². The number of nitrogens with one attached hydrogen (secondary N) is 1. The Hall–Kier alpha value is -1.23. The lowest BCUT2D eigenvalue weighted by Gasteiger charge is -2.28. The smallest absolute Gasteiger partial charge is 0.419 e. The number of benzene rings is 1. The van der Waals surface area contributed by atoms with Gasteiger partial charge in [-0.2, -0.15) is 13.2 Å². The first-order chi connectivity index (χ1) is 8.38. The van der Waals surface area contributed by atoms with Crippen LogP contribution in [0.2, 0.25) is 0 Å². The number of hydrogen-bond acceptors (Lipinski definition) is 2. The van der Waals surface area contributed by atoms with Crippen molar-refractivity contribution in [2.75, 3.05) is 13.7 Å². The Morgan fingerprint density at radius 1 is 1.33 bits per heavy atom. The van der Waals surface area contributed by atoms with Gasteiger partial charge in [0.25, 0.3) is 0 Å². The monoisotopic (exact) mass is 259 g/mol. The summed E-state index contributed by atoms with van der Waals surface area (Å²) in [6.45, 7) is 2.73. The Bertz CT molecular complexity index is 436. The minimum Gasteiger partial charge on any atom is -0.496 e. The molecule has 100 valence electrons. The molecule has 5 heteroatoms. The van der Waals surface area contributed by atoms with E-state index in [9.17, 15) is 13.2 Å². The zero-order valence-corrected chi connectivity index (χ0v) is 10.4. The summed E-state index contributed by atoms with van der Waals surface area (Å²) >= 11 is 0. The van der Waals surface area contributed by atoms with Gasteiger partial charge < -0.3 is 10.1 Å². The molecule has 1 N–H and O–H groups in total. The Morgan fingerprint density at radius 3 is 2.56 bits per heavy atom. The van der Waals surface area contributed by atoms with E-state index in [-0.39, 0.29) is 5.75 Å². The van der Waals surface area contributed by atoms with E-state index in [2.05, 4.69) is 5.32 Å². The summed E-state index contributed by atoms with van der Waals surface area (Å²) in [5, 5.41) is 3.26. The van der Waals surface area contributed by atoms with Gasteiger partial charge >= 0.3 is 6.18 Å². The van der Waals surface area contributed by atoms with Crippen LogP contribution in [0.5, 0.6) is 5.75 Å². The molecule has 18 heavy (non-hydrogen) atoms. The maximum absolute atomic E-state index is 12.9. The normalized spacial score (nSPS) is 24.3. The first-order valence-corrected chi connectivity index (χ1v) is 5.88. The number of hydrogen-bond donors (Lipinski definition) is 1. The van der Waals surface area contributed by atoms with Gasteiger partial charge in [0.1, 0.15) is 5.75 Å². The third kappa shape index (κ3) is 2.19. The van der Waals surface area contributed by atoms with Crippen molar-refractivity contribution < 1.29 is 17.9 Å². The summed E-state index contributed by atoms with van der Waals surface area (Å²) in [6.07, 6.45) is -2.63. The molecular weight excluding hydrogens is 243 g/mol. The molecule has 0 bridgehead atoms. The van der Waals surface area contributed by atoms with Gasteiger partial charge in [-0.1, -0.05) is 12.1 Å². The van der Waals surface area contributed by atoms with E-state index in [1.807, 2.05) is 6.92 Å². The zero-order valence-electron chi connectivity index (χ0n) is 10.4. The van der Waals surface area contributed by atoms with Gasteiger partial charge in [-0.25, -0.2) is 0 Å². The van der Waals surface area contributed by atoms with Gasteiger partial charge in [-0.3, -0.25) is 0 Å². The van der Waals surface area contributed by atoms with Gasteiger partial charge in [-0.15, -0.1) is 0 Å². The first-order valence-electron chi connectivity index (χ1n) is 5.88. The van der Waals surface area contributed by atoms with E-state index < -0.39 is 17.3 Å². The third-order valence-corrected chi connectivity index (χ3v) is 3.49. The summed E-state index contributed by atoms with van der Waals surface area (Å²) in [4.78, 5) is 0. The number of ether oxygens (including phenoxy) is 1. The Kier molecular flexibility index (Phi) is 3.27. The fourth-order valence-electron chi connectivity index (χ4n) is 2.54. The molecule has 1 aliphatic heterocycles. The highest BCUT2D eigenvalue weighted by atomic mass is 19.4. The molecule has 2 rings (SSSR count). The van der Waals surface area contributed by atoms with Gasteiger partial charge in [0.15, 0.2) is 0 Å². The Morgan fingerprint density at radius 2 is 2.06 bits per heavy atom. The van der Waals surface area contributed by atoms with E-state index in [1.165, 1.54) is 13.2 Å². The molecule has 1 fully saturated rings. The lowest BCUT2D eigenvalue weighted by Crippen LogP contribution is -2.34. The van der Waals surface area contributed by atoms with Crippen LogP contribution in [-0.2, 0) is 11.7 Å². The molecule has 0 saturated carbocycles. The summed E-state index contributed by atoms with van der Waals surface area (Å²) in [6, 6.07) is 4.19. The summed E-state index contributed by atoms with van der Waals surface area (Å²) < 4.78 is 43.8. The number of para-hydroxylation sites is 1. The van der Waals surface area contributed by atoms with Gasteiger partial charge in [0.2, 0.25) is 0 Å². The van der Waals surface area contributed by atoms with Crippen molar-refractivity contribution in [3.8, 4) is 5.75 Å². The predicted molar refractivity (Wildman–Crippen MR) is 62.6 cm³/mol. The highest BCUT2D eigenvalue weighted by Gasteiger charge is 2.39. The van der Waals surface area contributed by atoms with E-state index in [1.54, 1.807) is 6.07 Å². The van der Waals surface area contributed by atoms with Crippen molar-refractivity contribution in [2.45, 2.75) is 31.5 Å². The van der Waals surface area contributed by atoms with Crippen molar-refractivity contribution in [2.24, 2.45) is 0 Å². The van der Waals surface area contributed by atoms with Crippen LogP contribution in [0.1, 0.15) is 30.9 Å². The van der Waals surface area contributed by atoms with Crippen LogP contribution in [0.15, 0.2) is 18.2 Å². The minimum absolute atomic E-state index is 0.0677. The summed E-state index contributed by atoms with van der Waals surface area (Å²) in [7, 11) is 1.28. The molecule has 1 saturated heterocycles. The molecule has 0 amide bonds. The highest BCUT2D eigenvalue weighted by molar-refractivity contribution is 5.47. The molecule has 0 aromatic heterocycles.